The van der Waals surface area contributed by atoms with Crippen LogP contribution in [0.15, 0.2) is 6.33 Å². The van der Waals surface area contributed by atoms with Crippen LogP contribution in [0.3, 0.4) is 0 Å². The molecule has 4 rings (SSSR count). The van der Waals surface area contributed by atoms with Crippen LogP contribution in [0, 0.1) is 0 Å². The number of anilines is 1. The van der Waals surface area contributed by atoms with Gasteiger partial charge in [0.05, 0.1) is 24.6 Å². The smallest absolute Gasteiger partial charge is 0.320 e. The summed E-state index contributed by atoms with van der Waals surface area (Å²) in [5.41, 5.74) is 13.0. The molecule has 5 N–H and O–H groups in total. The van der Waals surface area contributed by atoms with Gasteiger partial charge in [-0.3, -0.25) is 4.57 Å². The number of nitrogens with zero attached hydrogens (tertiary/aromatic N) is 4. The van der Waals surface area contributed by atoms with E-state index >= 15 is 0 Å². The van der Waals surface area contributed by atoms with Crippen LogP contribution < -0.4 is 16.2 Å². The molecule has 0 aromatic carbocycles. The van der Waals surface area contributed by atoms with Crippen molar-refractivity contribution in [3.05, 3.63) is 6.33 Å². The summed E-state index contributed by atoms with van der Waals surface area (Å²) in [4.78, 5) is 12.9. The van der Waals surface area contributed by atoms with Crippen LogP contribution in [0.2, 0.25) is 0 Å². The van der Waals surface area contributed by atoms with E-state index in [0.29, 0.717) is 11.2 Å². The molecule has 130 valence electrons. The summed E-state index contributed by atoms with van der Waals surface area (Å²) >= 11 is 0. The van der Waals surface area contributed by atoms with Crippen LogP contribution in [0.5, 0.6) is 6.01 Å². The molecule has 2 aromatic rings. The van der Waals surface area contributed by atoms with Gasteiger partial charge in [-0.05, 0) is 32.6 Å². The Morgan fingerprint density at radius 2 is 2.08 bits per heavy atom. The lowest BCUT2D eigenvalue weighted by atomic mass is 10.1. The van der Waals surface area contributed by atoms with Crippen LogP contribution in [0.4, 0.5) is 5.82 Å². The molecule has 2 aliphatic rings. The summed E-state index contributed by atoms with van der Waals surface area (Å²) < 4.78 is 13.3. The van der Waals surface area contributed by atoms with Crippen LogP contribution >= 0.6 is 0 Å². The van der Waals surface area contributed by atoms with E-state index < -0.39 is 18.4 Å². The van der Waals surface area contributed by atoms with Crippen molar-refractivity contribution in [1.82, 2.24) is 19.5 Å². The molecule has 1 aliphatic carbocycles. The van der Waals surface area contributed by atoms with Gasteiger partial charge in [0.1, 0.15) is 6.10 Å². The van der Waals surface area contributed by atoms with Gasteiger partial charge in [0.2, 0.25) is 0 Å². The highest BCUT2D eigenvalue weighted by Crippen LogP contribution is 2.32. The molecular weight excluding hydrogens is 312 g/mol. The van der Waals surface area contributed by atoms with Crippen molar-refractivity contribution >= 4 is 17.0 Å². The third kappa shape index (κ3) is 2.48. The predicted molar refractivity (Wildman–Crippen MR) is 86.2 cm³/mol. The Hall–Kier alpha value is -1.97. The first-order chi connectivity index (χ1) is 11.5. The minimum Gasteiger partial charge on any atom is -0.460 e. The van der Waals surface area contributed by atoms with E-state index in [9.17, 15) is 5.11 Å². The van der Waals surface area contributed by atoms with E-state index in [4.69, 9.17) is 20.9 Å². The number of nitrogens with two attached hydrogens (primary N) is 2. The molecule has 0 spiro atoms. The Morgan fingerprint density at radius 1 is 1.33 bits per heavy atom. The molecule has 1 saturated heterocycles. The lowest BCUT2D eigenvalue weighted by molar-refractivity contribution is -0.00753. The summed E-state index contributed by atoms with van der Waals surface area (Å²) in [7, 11) is 0. The molecule has 2 fully saturated rings. The highest BCUT2D eigenvalue weighted by atomic mass is 16.5. The molecular formula is C15H22N6O3. The van der Waals surface area contributed by atoms with Crippen molar-refractivity contribution < 1.29 is 14.6 Å². The Labute approximate surface area is 139 Å². The maximum absolute atomic E-state index is 10.0. The van der Waals surface area contributed by atoms with Gasteiger partial charge in [0.25, 0.3) is 0 Å². The number of rotatable bonds is 3. The fourth-order valence-corrected chi connectivity index (χ4v) is 3.44. The highest BCUT2D eigenvalue weighted by molar-refractivity contribution is 5.82. The molecule has 0 amide bonds. The zero-order valence-electron chi connectivity index (χ0n) is 13.5. The van der Waals surface area contributed by atoms with E-state index in [1.54, 1.807) is 17.8 Å². The predicted octanol–water partition coefficient (Wildman–Crippen LogP) is 0.335. The van der Waals surface area contributed by atoms with Crippen molar-refractivity contribution in [3.8, 4) is 6.01 Å². The minimum atomic E-state index is -0.749. The van der Waals surface area contributed by atoms with Crippen LogP contribution in [0.25, 0.3) is 11.2 Å². The normalized spacial score (nSPS) is 31.1. The van der Waals surface area contributed by atoms with Crippen LogP contribution in [0.1, 0.15) is 38.8 Å². The monoisotopic (exact) mass is 334 g/mol. The Bertz CT molecular complexity index is 744. The second kappa shape index (κ2) is 5.83. The SMILES string of the molecule is C[C@H]1O[C@@H](n2cnc3c(N)nc(OC4CCCC4)nc32)[C@@H](N)[C@@H]1O. The first kappa shape index (κ1) is 15.6. The molecule has 3 heterocycles. The summed E-state index contributed by atoms with van der Waals surface area (Å²) in [6.07, 6.45) is 4.32. The van der Waals surface area contributed by atoms with Gasteiger partial charge < -0.3 is 26.0 Å². The van der Waals surface area contributed by atoms with Gasteiger partial charge in [0, 0.05) is 0 Å². The van der Waals surface area contributed by atoms with Gasteiger partial charge >= 0.3 is 6.01 Å². The minimum absolute atomic E-state index is 0.130. The fraction of sp³-hybridized carbons (Fsp3) is 0.667. The maximum Gasteiger partial charge on any atom is 0.320 e. The number of nitrogen functional groups attached to an aromatic ring is 1. The molecule has 9 nitrogen and oxygen atoms in total. The Morgan fingerprint density at radius 3 is 2.75 bits per heavy atom. The van der Waals surface area contributed by atoms with E-state index in [1.807, 2.05) is 0 Å². The van der Waals surface area contributed by atoms with Gasteiger partial charge in [-0.25, -0.2) is 4.98 Å². The van der Waals surface area contributed by atoms with Crippen molar-refractivity contribution in [1.29, 1.82) is 0 Å². The average molecular weight is 334 g/mol. The molecule has 24 heavy (non-hydrogen) atoms. The molecule has 4 atom stereocenters. The largest absolute Gasteiger partial charge is 0.460 e. The average Bonchev–Trinajstić information content (AvgIpc) is 3.25. The Kier molecular flexibility index (Phi) is 3.78. The summed E-state index contributed by atoms with van der Waals surface area (Å²) in [5.74, 6) is 0.256. The maximum atomic E-state index is 10.0. The number of imidazole rings is 1. The topological polar surface area (TPSA) is 134 Å². The van der Waals surface area contributed by atoms with Crippen LogP contribution in [-0.4, -0.2) is 49.0 Å². The van der Waals surface area contributed by atoms with Crippen molar-refractivity contribution in [3.63, 3.8) is 0 Å². The van der Waals surface area contributed by atoms with Crippen molar-refractivity contribution in [2.75, 3.05) is 5.73 Å². The van der Waals surface area contributed by atoms with E-state index in [1.165, 1.54) is 0 Å². The highest BCUT2D eigenvalue weighted by Gasteiger charge is 2.41. The lowest BCUT2D eigenvalue weighted by Gasteiger charge is -2.18. The molecule has 1 saturated carbocycles. The molecule has 2 aromatic heterocycles. The zero-order chi connectivity index (χ0) is 16.8. The zero-order valence-corrected chi connectivity index (χ0v) is 13.5. The third-order valence-electron chi connectivity index (χ3n) is 4.83. The summed E-state index contributed by atoms with van der Waals surface area (Å²) in [6.45, 7) is 1.78. The van der Waals surface area contributed by atoms with E-state index in [0.717, 1.165) is 25.7 Å². The number of fused-ring (bicyclic) bond motifs is 1. The second-order valence-corrected chi connectivity index (χ2v) is 6.54. The van der Waals surface area contributed by atoms with E-state index in [-0.39, 0.29) is 24.0 Å². The van der Waals surface area contributed by atoms with Gasteiger partial charge in [0.15, 0.2) is 23.2 Å². The molecule has 0 bridgehead atoms. The number of aliphatic hydroxyl groups is 1. The van der Waals surface area contributed by atoms with Crippen molar-refractivity contribution in [2.24, 2.45) is 5.73 Å². The molecule has 1 aliphatic heterocycles. The number of hydrogen-bond acceptors (Lipinski definition) is 8. The van der Waals surface area contributed by atoms with Gasteiger partial charge in [-0.2, -0.15) is 9.97 Å². The van der Waals surface area contributed by atoms with Gasteiger partial charge in [-0.1, -0.05) is 0 Å². The Balaban J connectivity index is 1.70. The second-order valence-electron chi connectivity index (χ2n) is 6.54. The number of ether oxygens (including phenoxy) is 2. The first-order valence-corrected chi connectivity index (χ1v) is 8.30. The molecule has 0 radical (unpaired) electrons. The lowest BCUT2D eigenvalue weighted by Crippen LogP contribution is -2.38. The fourth-order valence-electron chi connectivity index (χ4n) is 3.44. The first-order valence-electron chi connectivity index (χ1n) is 8.30. The number of aliphatic hydroxyl groups excluding tert-OH is 1. The standard InChI is InChI=1S/C15H22N6O3/c1-7-11(22)9(16)14(23-7)21-6-18-10-12(17)19-15(20-13(10)21)24-8-4-2-3-5-8/h6-9,11,14,22H,2-5,16H2,1H3,(H2,17,19,20)/t7-,9+,11-,14-/m1/s1. The molecule has 0 unspecified atom stereocenters. The number of hydrogen-bond donors (Lipinski definition) is 3. The third-order valence-corrected chi connectivity index (χ3v) is 4.83. The molecule has 9 heteroatoms. The van der Waals surface area contributed by atoms with E-state index in [2.05, 4.69) is 15.0 Å². The number of aromatic nitrogens is 4. The summed E-state index contributed by atoms with van der Waals surface area (Å²) in [6, 6.07) is -0.332. The summed E-state index contributed by atoms with van der Waals surface area (Å²) in [5, 5.41) is 10.0. The van der Waals surface area contributed by atoms with Crippen molar-refractivity contribution in [2.45, 2.75) is 63.2 Å². The quantitative estimate of drug-likeness (QED) is 0.731. The van der Waals surface area contributed by atoms with Gasteiger partial charge in [-0.15, -0.1) is 0 Å². The van der Waals surface area contributed by atoms with Crippen LogP contribution in [-0.2, 0) is 4.74 Å².